The Morgan fingerprint density at radius 2 is 2.06 bits per heavy atom. The van der Waals surface area contributed by atoms with Gasteiger partial charge in [-0.2, -0.15) is 0 Å². The summed E-state index contributed by atoms with van der Waals surface area (Å²) in [7, 11) is 0. The standard InChI is InChI=1S/C13H15N3O2/c1-3-18-11-4-10(6-14-7-11)13(17)12-8-15-9(2)5-16-12/h4-8,13,17H,3H2,1-2H3. The normalized spacial score (nSPS) is 12.2. The summed E-state index contributed by atoms with van der Waals surface area (Å²) in [6.07, 6.45) is 5.55. The lowest BCUT2D eigenvalue weighted by molar-refractivity contribution is 0.213. The molecule has 0 amide bonds. The molecule has 0 aliphatic carbocycles. The first-order chi connectivity index (χ1) is 8.70. The zero-order valence-corrected chi connectivity index (χ0v) is 10.4. The summed E-state index contributed by atoms with van der Waals surface area (Å²) in [5.74, 6) is 0.633. The number of aliphatic hydroxyl groups excluding tert-OH is 1. The van der Waals surface area contributed by atoms with Crippen LogP contribution in [0.3, 0.4) is 0 Å². The molecule has 2 heterocycles. The van der Waals surface area contributed by atoms with E-state index in [9.17, 15) is 5.11 Å². The topological polar surface area (TPSA) is 68.1 Å². The van der Waals surface area contributed by atoms with E-state index in [1.54, 1.807) is 30.9 Å². The lowest BCUT2D eigenvalue weighted by Crippen LogP contribution is -2.04. The van der Waals surface area contributed by atoms with E-state index in [1.165, 1.54) is 0 Å². The number of hydrogen-bond acceptors (Lipinski definition) is 5. The summed E-state index contributed by atoms with van der Waals surface area (Å²) >= 11 is 0. The van der Waals surface area contributed by atoms with Crippen molar-refractivity contribution >= 4 is 0 Å². The Bertz CT molecular complexity index is 514. The van der Waals surface area contributed by atoms with Crippen molar-refractivity contribution in [3.8, 4) is 5.75 Å². The molecule has 1 atom stereocenters. The van der Waals surface area contributed by atoms with Crippen molar-refractivity contribution in [2.75, 3.05) is 6.61 Å². The van der Waals surface area contributed by atoms with Crippen LogP contribution in [-0.4, -0.2) is 26.7 Å². The molecule has 0 saturated carbocycles. The zero-order chi connectivity index (χ0) is 13.0. The van der Waals surface area contributed by atoms with Crippen molar-refractivity contribution in [3.05, 3.63) is 47.8 Å². The van der Waals surface area contributed by atoms with Gasteiger partial charge in [0.15, 0.2) is 0 Å². The van der Waals surface area contributed by atoms with Crippen molar-refractivity contribution in [2.45, 2.75) is 20.0 Å². The van der Waals surface area contributed by atoms with Crippen LogP contribution in [0.15, 0.2) is 30.9 Å². The number of hydrogen-bond donors (Lipinski definition) is 1. The van der Waals surface area contributed by atoms with E-state index in [0.717, 1.165) is 5.69 Å². The van der Waals surface area contributed by atoms with Crippen LogP contribution in [-0.2, 0) is 0 Å². The van der Waals surface area contributed by atoms with Gasteiger partial charge < -0.3 is 9.84 Å². The van der Waals surface area contributed by atoms with Gasteiger partial charge in [0.25, 0.3) is 0 Å². The predicted molar refractivity (Wildman–Crippen MR) is 66.2 cm³/mol. The van der Waals surface area contributed by atoms with Gasteiger partial charge in [0.1, 0.15) is 11.9 Å². The third-order valence-electron chi connectivity index (χ3n) is 2.44. The van der Waals surface area contributed by atoms with Gasteiger partial charge in [0.05, 0.1) is 30.4 Å². The number of nitrogens with zero attached hydrogens (tertiary/aromatic N) is 3. The maximum Gasteiger partial charge on any atom is 0.137 e. The number of pyridine rings is 1. The van der Waals surface area contributed by atoms with Gasteiger partial charge in [-0.1, -0.05) is 0 Å². The summed E-state index contributed by atoms with van der Waals surface area (Å²) in [6, 6.07) is 1.75. The van der Waals surface area contributed by atoms with Crippen molar-refractivity contribution in [1.29, 1.82) is 0 Å². The lowest BCUT2D eigenvalue weighted by atomic mass is 10.1. The second-order valence-corrected chi connectivity index (χ2v) is 3.87. The van der Waals surface area contributed by atoms with E-state index in [-0.39, 0.29) is 0 Å². The molecule has 0 saturated heterocycles. The molecule has 0 aliphatic heterocycles. The Kier molecular flexibility index (Phi) is 3.84. The molecule has 2 aromatic rings. The largest absolute Gasteiger partial charge is 0.492 e. The molecule has 18 heavy (non-hydrogen) atoms. The molecule has 0 aromatic carbocycles. The number of aliphatic hydroxyl groups is 1. The zero-order valence-electron chi connectivity index (χ0n) is 10.4. The fraction of sp³-hybridized carbons (Fsp3) is 0.308. The highest BCUT2D eigenvalue weighted by atomic mass is 16.5. The second kappa shape index (κ2) is 5.55. The predicted octanol–water partition coefficient (Wildman–Crippen LogP) is 1.66. The van der Waals surface area contributed by atoms with Crippen LogP contribution in [0, 0.1) is 6.92 Å². The van der Waals surface area contributed by atoms with Crippen molar-refractivity contribution in [2.24, 2.45) is 0 Å². The highest BCUT2D eigenvalue weighted by Crippen LogP contribution is 2.22. The quantitative estimate of drug-likeness (QED) is 0.887. The first-order valence-corrected chi connectivity index (χ1v) is 5.75. The van der Waals surface area contributed by atoms with E-state index in [2.05, 4.69) is 15.0 Å². The molecule has 0 radical (unpaired) electrons. The molecule has 5 nitrogen and oxygen atoms in total. The highest BCUT2D eigenvalue weighted by molar-refractivity contribution is 5.29. The molecule has 1 unspecified atom stereocenters. The fourth-order valence-corrected chi connectivity index (χ4v) is 1.55. The third kappa shape index (κ3) is 2.81. The average Bonchev–Trinajstić information content (AvgIpc) is 2.39. The first-order valence-electron chi connectivity index (χ1n) is 5.75. The molecule has 1 N–H and O–H groups in total. The minimum absolute atomic E-state index is 0.496. The summed E-state index contributed by atoms with van der Waals surface area (Å²) < 4.78 is 5.34. The molecule has 0 fully saturated rings. The lowest BCUT2D eigenvalue weighted by Gasteiger charge is -2.11. The molecule has 0 bridgehead atoms. The van der Waals surface area contributed by atoms with E-state index >= 15 is 0 Å². The minimum Gasteiger partial charge on any atom is -0.492 e. The molecule has 5 heteroatoms. The van der Waals surface area contributed by atoms with Gasteiger partial charge >= 0.3 is 0 Å². The van der Waals surface area contributed by atoms with Gasteiger partial charge in [-0.05, 0) is 19.9 Å². The molecule has 0 spiro atoms. The van der Waals surface area contributed by atoms with Gasteiger partial charge in [0, 0.05) is 18.0 Å². The number of aryl methyl sites for hydroxylation is 1. The summed E-state index contributed by atoms with van der Waals surface area (Å²) in [5.41, 5.74) is 1.95. The maximum atomic E-state index is 10.2. The Morgan fingerprint density at radius 1 is 1.22 bits per heavy atom. The molecule has 2 aromatic heterocycles. The van der Waals surface area contributed by atoms with Crippen LogP contribution < -0.4 is 4.74 Å². The van der Waals surface area contributed by atoms with E-state index < -0.39 is 6.10 Å². The Balaban J connectivity index is 2.24. The van der Waals surface area contributed by atoms with Gasteiger partial charge in [0.2, 0.25) is 0 Å². The van der Waals surface area contributed by atoms with E-state index in [0.29, 0.717) is 23.6 Å². The Labute approximate surface area is 106 Å². The first kappa shape index (κ1) is 12.4. The average molecular weight is 245 g/mol. The molecule has 2 rings (SSSR count). The Morgan fingerprint density at radius 3 is 2.72 bits per heavy atom. The number of rotatable bonds is 4. The van der Waals surface area contributed by atoms with Crippen LogP contribution in [0.2, 0.25) is 0 Å². The molecular weight excluding hydrogens is 230 g/mol. The monoisotopic (exact) mass is 245 g/mol. The van der Waals surface area contributed by atoms with E-state index in [1.807, 2.05) is 13.8 Å². The Hall–Kier alpha value is -2.01. The number of aromatic nitrogens is 3. The van der Waals surface area contributed by atoms with Gasteiger partial charge in [-0.15, -0.1) is 0 Å². The van der Waals surface area contributed by atoms with Crippen molar-refractivity contribution < 1.29 is 9.84 Å². The molecule has 0 aliphatic rings. The maximum absolute atomic E-state index is 10.2. The smallest absolute Gasteiger partial charge is 0.137 e. The van der Waals surface area contributed by atoms with Crippen LogP contribution in [0.4, 0.5) is 0 Å². The van der Waals surface area contributed by atoms with Gasteiger partial charge in [-0.3, -0.25) is 15.0 Å². The summed E-state index contributed by atoms with van der Waals surface area (Å²) in [6.45, 7) is 4.31. The van der Waals surface area contributed by atoms with Crippen molar-refractivity contribution in [1.82, 2.24) is 15.0 Å². The highest BCUT2D eigenvalue weighted by Gasteiger charge is 2.13. The molecular formula is C13H15N3O2. The third-order valence-corrected chi connectivity index (χ3v) is 2.44. The fourth-order valence-electron chi connectivity index (χ4n) is 1.55. The van der Waals surface area contributed by atoms with Crippen LogP contribution in [0.1, 0.15) is 30.0 Å². The van der Waals surface area contributed by atoms with Crippen LogP contribution in [0.5, 0.6) is 5.75 Å². The SMILES string of the molecule is CCOc1cncc(C(O)c2cnc(C)cn2)c1. The van der Waals surface area contributed by atoms with E-state index in [4.69, 9.17) is 4.74 Å². The second-order valence-electron chi connectivity index (χ2n) is 3.87. The van der Waals surface area contributed by atoms with Crippen molar-refractivity contribution in [3.63, 3.8) is 0 Å². The summed E-state index contributed by atoms with van der Waals surface area (Å²) in [5, 5.41) is 10.2. The van der Waals surface area contributed by atoms with Gasteiger partial charge in [-0.25, -0.2) is 0 Å². The van der Waals surface area contributed by atoms with Crippen LogP contribution >= 0.6 is 0 Å². The minimum atomic E-state index is -0.842. The molecule has 94 valence electrons. The number of ether oxygens (including phenoxy) is 1. The summed E-state index contributed by atoms with van der Waals surface area (Å²) in [4.78, 5) is 12.3. The van der Waals surface area contributed by atoms with Crippen LogP contribution in [0.25, 0.3) is 0 Å².